The maximum Gasteiger partial charge on any atom is 0.0692 e. The van der Waals surface area contributed by atoms with Gasteiger partial charge in [0, 0.05) is 6.54 Å². The van der Waals surface area contributed by atoms with Crippen LogP contribution in [0.3, 0.4) is 0 Å². The van der Waals surface area contributed by atoms with Gasteiger partial charge in [0.15, 0.2) is 0 Å². The van der Waals surface area contributed by atoms with Gasteiger partial charge in [-0.1, -0.05) is 19.8 Å². The molecule has 0 aromatic carbocycles. The molecule has 1 atom stereocenters. The van der Waals surface area contributed by atoms with Crippen molar-refractivity contribution in [2.75, 3.05) is 24.6 Å². The van der Waals surface area contributed by atoms with E-state index in [1.165, 1.54) is 43.6 Å². The largest absolute Gasteiger partial charge is 0.392 e. The van der Waals surface area contributed by atoms with E-state index in [2.05, 4.69) is 12.2 Å². The van der Waals surface area contributed by atoms with Crippen LogP contribution in [0.5, 0.6) is 0 Å². The predicted molar refractivity (Wildman–Crippen MR) is 68.5 cm³/mol. The second-order valence-corrected chi connectivity index (χ2v) is 5.76. The lowest BCUT2D eigenvalue weighted by Gasteiger charge is -2.17. The number of aliphatic hydroxyl groups is 1. The van der Waals surface area contributed by atoms with Gasteiger partial charge in [0.2, 0.25) is 0 Å². The molecule has 0 radical (unpaired) electrons. The fourth-order valence-electron chi connectivity index (χ4n) is 2.20. The summed E-state index contributed by atoms with van der Waals surface area (Å²) in [7, 11) is 0. The van der Waals surface area contributed by atoms with Gasteiger partial charge in [0.05, 0.1) is 6.10 Å². The molecule has 1 aliphatic rings. The molecule has 15 heavy (non-hydrogen) atoms. The molecule has 1 rings (SSSR count). The van der Waals surface area contributed by atoms with Crippen LogP contribution < -0.4 is 5.32 Å². The molecule has 2 N–H and O–H groups in total. The fraction of sp³-hybridized carbons (Fsp3) is 1.00. The number of thioether (sulfide) groups is 1. The van der Waals surface area contributed by atoms with Gasteiger partial charge in [0.25, 0.3) is 0 Å². The summed E-state index contributed by atoms with van der Waals surface area (Å²) in [5.41, 5.74) is 0. The van der Waals surface area contributed by atoms with Gasteiger partial charge in [-0.15, -0.1) is 0 Å². The Kier molecular flexibility index (Phi) is 7.49. The summed E-state index contributed by atoms with van der Waals surface area (Å²) in [6, 6.07) is 0. The lowest BCUT2D eigenvalue weighted by Crippen LogP contribution is -2.32. The van der Waals surface area contributed by atoms with Crippen LogP contribution in [0.1, 0.15) is 39.0 Å². The number of hydrogen-bond donors (Lipinski definition) is 2. The molecule has 1 saturated carbocycles. The summed E-state index contributed by atoms with van der Waals surface area (Å²) in [5, 5.41) is 13.2. The Labute approximate surface area is 98.2 Å². The summed E-state index contributed by atoms with van der Waals surface area (Å²) in [6.45, 7) is 4.04. The van der Waals surface area contributed by atoms with Crippen LogP contribution in [-0.4, -0.2) is 35.8 Å². The van der Waals surface area contributed by atoms with Crippen molar-refractivity contribution < 1.29 is 5.11 Å². The van der Waals surface area contributed by atoms with Gasteiger partial charge in [-0.05, 0) is 43.2 Å². The molecule has 90 valence electrons. The average Bonchev–Trinajstić information content (AvgIpc) is 2.76. The normalized spacial score (nSPS) is 19.6. The molecule has 0 spiro atoms. The zero-order chi connectivity index (χ0) is 10.9. The summed E-state index contributed by atoms with van der Waals surface area (Å²) in [6.07, 6.45) is 6.20. The molecule has 0 saturated heterocycles. The van der Waals surface area contributed by atoms with Crippen molar-refractivity contribution in [2.24, 2.45) is 5.92 Å². The quantitative estimate of drug-likeness (QED) is 0.629. The first-order chi connectivity index (χ1) is 7.34. The molecule has 1 fully saturated rings. The van der Waals surface area contributed by atoms with Crippen LogP contribution in [0.2, 0.25) is 0 Å². The molecule has 0 aromatic heterocycles. The second kappa shape index (κ2) is 8.43. The Morgan fingerprint density at radius 3 is 2.80 bits per heavy atom. The molecule has 0 aromatic rings. The van der Waals surface area contributed by atoms with Gasteiger partial charge in [-0.2, -0.15) is 11.8 Å². The minimum absolute atomic E-state index is 0.105. The van der Waals surface area contributed by atoms with E-state index in [4.69, 9.17) is 0 Å². The van der Waals surface area contributed by atoms with E-state index in [0.29, 0.717) is 5.92 Å². The van der Waals surface area contributed by atoms with E-state index >= 15 is 0 Å². The van der Waals surface area contributed by atoms with Crippen molar-refractivity contribution in [3.63, 3.8) is 0 Å². The Morgan fingerprint density at radius 1 is 1.40 bits per heavy atom. The van der Waals surface area contributed by atoms with Crippen molar-refractivity contribution in [1.29, 1.82) is 0 Å². The van der Waals surface area contributed by atoms with Crippen LogP contribution in [-0.2, 0) is 0 Å². The molecule has 0 aliphatic heterocycles. The third kappa shape index (κ3) is 5.79. The standard InChI is InChI=1S/C12H25NOS/c1-2-15-9-5-8-13-10-12(14)11-6-3-4-7-11/h11-14H,2-10H2,1H3. The van der Waals surface area contributed by atoms with Gasteiger partial charge in [-0.3, -0.25) is 0 Å². The smallest absolute Gasteiger partial charge is 0.0692 e. The van der Waals surface area contributed by atoms with E-state index in [1.807, 2.05) is 11.8 Å². The predicted octanol–water partition coefficient (Wildman–Crippen LogP) is 2.27. The van der Waals surface area contributed by atoms with Gasteiger partial charge in [0.1, 0.15) is 0 Å². The molecule has 0 heterocycles. The second-order valence-electron chi connectivity index (χ2n) is 4.37. The summed E-state index contributed by atoms with van der Waals surface area (Å²) in [5.74, 6) is 3.02. The van der Waals surface area contributed by atoms with Crippen molar-refractivity contribution in [3.8, 4) is 0 Å². The molecule has 2 nitrogen and oxygen atoms in total. The molecule has 0 amide bonds. The fourth-order valence-corrected chi connectivity index (χ4v) is 2.84. The Morgan fingerprint density at radius 2 is 2.13 bits per heavy atom. The van der Waals surface area contributed by atoms with Crippen molar-refractivity contribution >= 4 is 11.8 Å². The van der Waals surface area contributed by atoms with Crippen molar-refractivity contribution in [3.05, 3.63) is 0 Å². The van der Waals surface area contributed by atoms with E-state index < -0.39 is 0 Å². The summed E-state index contributed by atoms with van der Waals surface area (Å²) >= 11 is 1.99. The zero-order valence-electron chi connectivity index (χ0n) is 9.87. The highest BCUT2D eigenvalue weighted by molar-refractivity contribution is 7.99. The van der Waals surface area contributed by atoms with E-state index in [0.717, 1.165) is 13.1 Å². The Hall–Kier alpha value is 0.270. The Balaban J connectivity index is 1.90. The topological polar surface area (TPSA) is 32.3 Å². The van der Waals surface area contributed by atoms with E-state index in [-0.39, 0.29) is 6.10 Å². The van der Waals surface area contributed by atoms with Gasteiger partial charge < -0.3 is 10.4 Å². The third-order valence-electron chi connectivity index (χ3n) is 3.14. The lowest BCUT2D eigenvalue weighted by atomic mass is 10.0. The minimum Gasteiger partial charge on any atom is -0.392 e. The maximum absolute atomic E-state index is 9.88. The average molecular weight is 231 g/mol. The molecular formula is C12H25NOS. The number of rotatable bonds is 8. The van der Waals surface area contributed by atoms with Crippen LogP contribution in [0, 0.1) is 5.92 Å². The highest BCUT2D eigenvalue weighted by Crippen LogP contribution is 2.27. The summed E-state index contributed by atoms with van der Waals surface area (Å²) < 4.78 is 0. The number of aliphatic hydroxyl groups excluding tert-OH is 1. The van der Waals surface area contributed by atoms with Crippen molar-refractivity contribution in [1.82, 2.24) is 5.32 Å². The van der Waals surface area contributed by atoms with Gasteiger partial charge in [-0.25, -0.2) is 0 Å². The number of hydrogen-bond acceptors (Lipinski definition) is 3. The lowest BCUT2D eigenvalue weighted by molar-refractivity contribution is 0.109. The minimum atomic E-state index is -0.105. The first kappa shape index (κ1) is 13.3. The zero-order valence-corrected chi connectivity index (χ0v) is 10.7. The first-order valence-electron chi connectivity index (χ1n) is 6.31. The first-order valence-corrected chi connectivity index (χ1v) is 7.46. The molecule has 3 heteroatoms. The van der Waals surface area contributed by atoms with Crippen LogP contribution in [0.25, 0.3) is 0 Å². The van der Waals surface area contributed by atoms with E-state index in [1.54, 1.807) is 0 Å². The highest BCUT2D eigenvalue weighted by atomic mass is 32.2. The highest BCUT2D eigenvalue weighted by Gasteiger charge is 2.22. The number of nitrogens with one attached hydrogen (secondary N) is 1. The Bertz CT molecular complexity index is 149. The molecular weight excluding hydrogens is 206 g/mol. The molecule has 0 bridgehead atoms. The van der Waals surface area contributed by atoms with Crippen molar-refractivity contribution in [2.45, 2.75) is 45.1 Å². The molecule has 1 aliphatic carbocycles. The van der Waals surface area contributed by atoms with Crippen LogP contribution >= 0.6 is 11.8 Å². The van der Waals surface area contributed by atoms with Gasteiger partial charge >= 0.3 is 0 Å². The van der Waals surface area contributed by atoms with Crippen LogP contribution in [0.15, 0.2) is 0 Å². The summed E-state index contributed by atoms with van der Waals surface area (Å²) in [4.78, 5) is 0. The third-order valence-corrected chi connectivity index (χ3v) is 4.13. The molecule has 1 unspecified atom stereocenters. The SMILES string of the molecule is CCSCCCNCC(O)C1CCCC1. The maximum atomic E-state index is 9.88. The van der Waals surface area contributed by atoms with Crippen LogP contribution in [0.4, 0.5) is 0 Å². The monoisotopic (exact) mass is 231 g/mol. The van der Waals surface area contributed by atoms with E-state index in [9.17, 15) is 5.11 Å².